The first kappa shape index (κ1) is 10.9. The Bertz CT molecular complexity index is 701. The van der Waals surface area contributed by atoms with Gasteiger partial charge in [0.15, 0.2) is 5.58 Å². The van der Waals surface area contributed by atoms with Gasteiger partial charge in [0.25, 0.3) is 0 Å². The van der Waals surface area contributed by atoms with Crippen molar-refractivity contribution < 1.29 is 4.42 Å². The van der Waals surface area contributed by atoms with Gasteiger partial charge >= 0.3 is 5.76 Å². The minimum Gasteiger partial charge on any atom is -0.408 e. The number of nitrogens with zero attached hydrogens (tertiary/aromatic N) is 2. The zero-order valence-electron chi connectivity index (χ0n) is 10.1. The van der Waals surface area contributed by atoms with Gasteiger partial charge in [0.2, 0.25) is 0 Å². The smallest absolute Gasteiger partial charge is 0.408 e. The van der Waals surface area contributed by atoms with Crippen LogP contribution in [0.5, 0.6) is 0 Å². The molecule has 1 aliphatic carbocycles. The van der Waals surface area contributed by atoms with Crippen molar-refractivity contribution in [2.75, 3.05) is 11.9 Å². The first-order valence-electron chi connectivity index (χ1n) is 5.88. The third-order valence-electron chi connectivity index (χ3n) is 3.51. The first-order valence-corrected chi connectivity index (χ1v) is 5.88. The van der Waals surface area contributed by atoms with Crippen molar-refractivity contribution in [1.82, 2.24) is 4.57 Å². The van der Waals surface area contributed by atoms with Crippen molar-refractivity contribution in [3.8, 4) is 6.07 Å². The molecule has 1 aromatic carbocycles. The van der Waals surface area contributed by atoms with Gasteiger partial charge in [-0.2, -0.15) is 5.26 Å². The Morgan fingerprint density at radius 3 is 3.00 bits per heavy atom. The topological polar surface area (TPSA) is 71.0 Å². The van der Waals surface area contributed by atoms with Gasteiger partial charge < -0.3 is 9.73 Å². The molecular formula is C13H13N3O2. The molecule has 0 amide bonds. The van der Waals surface area contributed by atoms with E-state index in [0.717, 1.165) is 24.0 Å². The maximum absolute atomic E-state index is 11.4. The van der Waals surface area contributed by atoms with Gasteiger partial charge in [0.1, 0.15) is 0 Å². The number of anilines is 1. The summed E-state index contributed by atoms with van der Waals surface area (Å²) in [4.78, 5) is 11.4. The Hall–Kier alpha value is -2.22. The van der Waals surface area contributed by atoms with Crippen molar-refractivity contribution in [2.45, 2.75) is 12.8 Å². The van der Waals surface area contributed by atoms with Crippen molar-refractivity contribution in [1.29, 1.82) is 5.26 Å². The fraction of sp³-hybridized carbons (Fsp3) is 0.385. The van der Waals surface area contributed by atoms with Crippen LogP contribution in [0.2, 0.25) is 0 Å². The van der Waals surface area contributed by atoms with Crippen LogP contribution in [0.3, 0.4) is 0 Å². The summed E-state index contributed by atoms with van der Waals surface area (Å²) in [6, 6.07) is 7.86. The maximum Gasteiger partial charge on any atom is 0.419 e. The largest absolute Gasteiger partial charge is 0.419 e. The van der Waals surface area contributed by atoms with Crippen LogP contribution in [0.1, 0.15) is 12.8 Å². The van der Waals surface area contributed by atoms with Crippen LogP contribution >= 0.6 is 0 Å². The Kier molecular flexibility index (Phi) is 2.20. The average molecular weight is 243 g/mol. The highest BCUT2D eigenvalue weighted by Crippen LogP contribution is 2.44. The summed E-state index contributed by atoms with van der Waals surface area (Å²) in [6.45, 7) is 0.645. The molecule has 0 aliphatic heterocycles. The van der Waals surface area contributed by atoms with Gasteiger partial charge in [-0.05, 0) is 25.0 Å². The van der Waals surface area contributed by atoms with E-state index >= 15 is 0 Å². The van der Waals surface area contributed by atoms with Crippen molar-refractivity contribution in [3.05, 3.63) is 28.7 Å². The van der Waals surface area contributed by atoms with E-state index in [1.807, 2.05) is 12.1 Å². The highest BCUT2D eigenvalue weighted by Gasteiger charge is 2.42. The number of oxazole rings is 1. The fourth-order valence-electron chi connectivity index (χ4n) is 1.99. The number of rotatable bonds is 3. The van der Waals surface area contributed by atoms with Crippen LogP contribution in [0.15, 0.2) is 27.4 Å². The van der Waals surface area contributed by atoms with Crippen molar-refractivity contribution in [2.24, 2.45) is 12.5 Å². The molecule has 1 saturated carbocycles. The molecule has 1 N–H and O–H groups in total. The van der Waals surface area contributed by atoms with E-state index in [9.17, 15) is 4.79 Å². The summed E-state index contributed by atoms with van der Waals surface area (Å²) in [7, 11) is 1.68. The molecule has 5 nitrogen and oxygen atoms in total. The minimum atomic E-state index is -0.363. The summed E-state index contributed by atoms with van der Waals surface area (Å²) < 4.78 is 6.58. The van der Waals surface area contributed by atoms with Crippen LogP contribution in [-0.2, 0) is 7.05 Å². The maximum atomic E-state index is 11.4. The van der Waals surface area contributed by atoms with Crippen LogP contribution in [0.25, 0.3) is 11.1 Å². The molecule has 2 aromatic rings. The van der Waals surface area contributed by atoms with E-state index in [1.54, 1.807) is 13.1 Å². The second-order valence-corrected chi connectivity index (χ2v) is 4.86. The first-order chi connectivity index (χ1) is 8.63. The summed E-state index contributed by atoms with van der Waals surface area (Å²) in [5.41, 5.74) is 2.02. The molecule has 3 rings (SSSR count). The van der Waals surface area contributed by atoms with Gasteiger partial charge in [0, 0.05) is 25.3 Å². The Labute approximate surface area is 104 Å². The van der Waals surface area contributed by atoms with Gasteiger partial charge in [-0.25, -0.2) is 4.79 Å². The number of nitrogens with one attached hydrogen (secondary N) is 1. The standard InChI is InChI=1S/C13H13N3O2/c1-16-10-3-2-9(6-11(10)18-12(16)17)15-8-13(7-14)4-5-13/h2-3,6,15H,4-5,8H2,1H3. The van der Waals surface area contributed by atoms with Gasteiger partial charge in [-0.15, -0.1) is 0 Å². The second-order valence-electron chi connectivity index (χ2n) is 4.86. The third kappa shape index (κ3) is 1.66. The lowest BCUT2D eigenvalue weighted by atomic mass is 10.1. The molecule has 0 atom stereocenters. The Balaban J connectivity index is 1.86. The lowest BCUT2D eigenvalue weighted by Crippen LogP contribution is -2.13. The number of nitriles is 1. The van der Waals surface area contributed by atoms with Crippen LogP contribution in [0.4, 0.5) is 5.69 Å². The normalized spacial score (nSPS) is 16.4. The summed E-state index contributed by atoms with van der Waals surface area (Å²) in [6.07, 6.45) is 1.92. The van der Waals surface area contributed by atoms with E-state index in [0.29, 0.717) is 12.1 Å². The van der Waals surface area contributed by atoms with Crippen LogP contribution < -0.4 is 11.1 Å². The predicted octanol–water partition coefficient (Wildman–Crippen LogP) is 1.85. The monoisotopic (exact) mass is 243 g/mol. The van der Waals surface area contributed by atoms with Crippen LogP contribution in [-0.4, -0.2) is 11.1 Å². The molecule has 92 valence electrons. The number of hydrogen-bond acceptors (Lipinski definition) is 4. The molecule has 1 aromatic heterocycles. The predicted molar refractivity (Wildman–Crippen MR) is 67.2 cm³/mol. The van der Waals surface area contributed by atoms with Gasteiger partial charge in [-0.1, -0.05) is 0 Å². The lowest BCUT2D eigenvalue weighted by Gasteiger charge is -2.09. The lowest BCUT2D eigenvalue weighted by molar-refractivity contribution is 0.528. The van der Waals surface area contributed by atoms with E-state index in [-0.39, 0.29) is 11.2 Å². The molecule has 0 unspecified atom stereocenters. The molecular weight excluding hydrogens is 230 g/mol. The number of aryl methyl sites for hydroxylation is 1. The summed E-state index contributed by atoms with van der Waals surface area (Å²) in [5.74, 6) is -0.363. The number of benzene rings is 1. The van der Waals surface area contributed by atoms with Crippen molar-refractivity contribution in [3.63, 3.8) is 0 Å². The minimum absolute atomic E-state index is 0.188. The highest BCUT2D eigenvalue weighted by atomic mass is 16.4. The number of fused-ring (bicyclic) bond motifs is 1. The van der Waals surface area contributed by atoms with Gasteiger partial charge in [-0.3, -0.25) is 4.57 Å². The van der Waals surface area contributed by atoms with E-state index in [4.69, 9.17) is 9.68 Å². The average Bonchev–Trinajstić information content (AvgIpc) is 3.11. The van der Waals surface area contributed by atoms with E-state index in [2.05, 4.69) is 11.4 Å². The second kappa shape index (κ2) is 3.64. The molecule has 1 aliphatic rings. The quantitative estimate of drug-likeness (QED) is 0.893. The molecule has 1 fully saturated rings. The third-order valence-corrected chi connectivity index (χ3v) is 3.51. The molecule has 18 heavy (non-hydrogen) atoms. The number of aromatic nitrogens is 1. The SMILES string of the molecule is Cn1c(=O)oc2cc(NCC3(C#N)CC3)ccc21. The molecule has 0 saturated heterocycles. The van der Waals surface area contributed by atoms with Crippen LogP contribution in [0, 0.1) is 16.7 Å². The van der Waals surface area contributed by atoms with Crippen molar-refractivity contribution >= 4 is 16.8 Å². The molecule has 0 bridgehead atoms. The zero-order chi connectivity index (χ0) is 12.8. The highest BCUT2D eigenvalue weighted by molar-refractivity contribution is 5.77. The molecule has 5 heteroatoms. The molecule has 0 spiro atoms. The Morgan fingerprint density at radius 1 is 1.56 bits per heavy atom. The molecule has 1 heterocycles. The van der Waals surface area contributed by atoms with E-state index in [1.165, 1.54) is 4.57 Å². The fourth-order valence-corrected chi connectivity index (χ4v) is 1.99. The molecule has 0 radical (unpaired) electrons. The Morgan fingerprint density at radius 2 is 2.33 bits per heavy atom. The van der Waals surface area contributed by atoms with Gasteiger partial charge in [0.05, 0.1) is 17.0 Å². The summed E-state index contributed by atoms with van der Waals surface area (Å²) >= 11 is 0. The number of hydrogen-bond donors (Lipinski definition) is 1. The summed E-state index contributed by atoms with van der Waals surface area (Å²) in [5, 5.41) is 12.2. The zero-order valence-corrected chi connectivity index (χ0v) is 10.1. The van der Waals surface area contributed by atoms with E-state index < -0.39 is 0 Å².